The lowest BCUT2D eigenvalue weighted by Gasteiger charge is -2.18. The largest absolute Gasteiger partial charge is 0.385 e. The van der Waals surface area contributed by atoms with Crippen molar-refractivity contribution >= 4 is 27.5 Å². The van der Waals surface area contributed by atoms with Crippen molar-refractivity contribution in [2.24, 2.45) is 0 Å². The number of rotatable bonds is 6. The van der Waals surface area contributed by atoms with Gasteiger partial charge in [-0.3, -0.25) is 0 Å². The van der Waals surface area contributed by atoms with E-state index in [9.17, 15) is 0 Å². The van der Waals surface area contributed by atoms with Gasteiger partial charge in [-0.25, -0.2) is 0 Å². The van der Waals surface area contributed by atoms with Crippen LogP contribution in [0.2, 0.25) is 5.02 Å². The topological polar surface area (TPSA) is 21.3 Å². The van der Waals surface area contributed by atoms with E-state index in [1.807, 2.05) is 25.2 Å². The van der Waals surface area contributed by atoms with Gasteiger partial charge in [-0.05, 0) is 43.7 Å². The lowest BCUT2D eigenvalue weighted by atomic mass is 10.0. The highest BCUT2D eigenvalue weighted by atomic mass is 79.9. The second-order valence-corrected chi connectivity index (χ2v) is 4.93. The molecule has 16 heavy (non-hydrogen) atoms. The van der Waals surface area contributed by atoms with Crippen LogP contribution in [0.3, 0.4) is 0 Å². The Morgan fingerprint density at radius 2 is 2.25 bits per heavy atom. The predicted octanol–water partition coefficient (Wildman–Crippen LogP) is 3.79. The first-order chi connectivity index (χ1) is 7.69. The van der Waals surface area contributed by atoms with Crippen LogP contribution >= 0.6 is 27.5 Å². The van der Waals surface area contributed by atoms with Crippen LogP contribution in [0, 0.1) is 0 Å². The molecule has 1 rings (SSSR count). The lowest BCUT2D eigenvalue weighted by Crippen LogP contribution is -2.17. The summed E-state index contributed by atoms with van der Waals surface area (Å²) in [6.07, 6.45) is 2.06. The molecule has 0 radical (unpaired) electrons. The highest BCUT2D eigenvalue weighted by molar-refractivity contribution is 9.10. The van der Waals surface area contributed by atoms with Gasteiger partial charge in [-0.2, -0.15) is 0 Å². The van der Waals surface area contributed by atoms with Crippen molar-refractivity contribution in [3.05, 3.63) is 33.3 Å². The number of hydrogen-bond acceptors (Lipinski definition) is 2. The van der Waals surface area contributed by atoms with Crippen LogP contribution in [0.25, 0.3) is 0 Å². The third-order valence-corrected chi connectivity index (χ3v) is 3.48. The maximum atomic E-state index is 6.01. The Balaban J connectivity index is 2.73. The summed E-state index contributed by atoms with van der Waals surface area (Å²) in [6, 6.07) is 6.18. The molecule has 4 heteroatoms. The van der Waals surface area contributed by atoms with E-state index in [4.69, 9.17) is 16.3 Å². The summed E-state index contributed by atoms with van der Waals surface area (Å²) in [5.74, 6) is 0. The zero-order valence-electron chi connectivity index (χ0n) is 9.59. The van der Waals surface area contributed by atoms with E-state index in [0.717, 1.165) is 28.9 Å². The molecule has 1 aromatic carbocycles. The van der Waals surface area contributed by atoms with E-state index in [0.29, 0.717) is 6.04 Å². The molecule has 0 amide bonds. The third-order valence-electron chi connectivity index (χ3n) is 2.52. The van der Waals surface area contributed by atoms with Crippen molar-refractivity contribution in [1.82, 2.24) is 5.32 Å². The molecule has 0 bridgehead atoms. The fourth-order valence-corrected chi connectivity index (χ4v) is 2.37. The van der Waals surface area contributed by atoms with Gasteiger partial charge < -0.3 is 10.1 Å². The molecule has 0 aliphatic heterocycles. The average molecular weight is 307 g/mol. The molecule has 2 nitrogen and oxygen atoms in total. The molecule has 0 heterocycles. The summed E-state index contributed by atoms with van der Waals surface area (Å²) in [4.78, 5) is 0. The summed E-state index contributed by atoms with van der Waals surface area (Å²) in [6.45, 7) is 0.788. The Labute approximate surface area is 110 Å². The Hall–Kier alpha value is -0.0900. The van der Waals surface area contributed by atoms with Crippen LogP contribution in [0.1, 0.15) is 24.4 Å². The van der Waals surface area contributed by atoms with Crippen LogP contribution in [0.4, 0.5) is 0 Å². The average Bonchev–Trinajstić information content (AvgIpc) is 2.28. The minimum Gasteiger partial charge on any atom is -0.385 e. The first-order valence-corrected chi connectivity index (χ1v) is 6.47. The molecule has 1 N–H and O–H groups in total. The first-order valence-electron chi connectivity index (χ1n) is 5.30. The van der Waals surface area contributed by atoms with Crippen molar-refractivity contribution in [3.8, 4) is 0 Å². The minimum atomic E-state index is 0.309. The molecular formula is C12H17BrClNO. The second kappa shape index (κ2) is 7.28. The molecule has 0 spiro atoms. The smallest absolute Gasteiger partial charge is 0.0462 e. The van der Waals surface area contributed by atoms with Gasteiger partial charge in [0.25, 0.3) is 0 Å². The Morgan fingerprint density at radius 1 is 1.50 bits per heavy atom. The molecule has 90 valence electrons. The van der Waals surface area contributed by atoms with Crippen molar-refractivity contribution in [2.45, 2.75) is 18.9 Å². The SMILES string of the molecule is CNC(CCCOC)c1cc(Cl)ccc1Br. The summed E-state index contributed by atoms with van der Waals surface area (Å²) in [7, 11) is 3.69. The van der Waals surface area contributed by atoms with Gasteiger partial charge in [-0.1, -0.05) is 27.5 Å². The van der Waals surface area contributed by atoms with Crippen molar-refractivity contribution in [3.63, 3.8) is 0 Å². The van der Waals surface area contributed by atoms with Crippen LogP contribution in [-0.2, 0) is 4.74 Å². The number of hydrogen-bond donors (Lipinski definition) is 1. The number of ether oxygens (including phenoxy) is 1. The van der Waals surface area contributed by atoms with Crippen molar-refractivity contribution < 1.29 is 4.74 Å². The van der Waals surface area contributed by atoms with Gasteiger partial charge in [0.2, 0.25) is 0 Å². The van der Waals surface area contributed by atoms with Crippen LogP contribution in [0.15, 0.2) is 22.7 Å². The summed E-state index contributed by atoms with van der Waals surface area (Å²) >= 11 is 9.56. The molecule has 0 saturated carbocycles. The van der Waals surface area contributed by atoms with Gasteiger partial charge >= 0.3 is 0 Å². The van der Waals surface area contributed by atoms with Crippen LogP contribution in [-0.4, -0.2) is 20.8 Å². The monoisotopic (exact) mass is 305 g/mol. The number of nitrogens with one attached hydrogen (secondary N) is 1. The highest BCUT2D eigenvalue weighted by Crippen LogP contribution is 2.29. The summed E-state index contributed by atoms with van der Waals surface area (Å²) in [5, 5.41) is 4.07. The van der Waals surface area contributed by atoms with E-state index < -0.39 is 0 Å². The molecule has 0 aromatic heterocycles. The van der Waals surface area contributed by atoms with Gasteiger partial charge in [0.15, 0.2) is 0 Å². The number of halogens is 2. The van der Waals surface area contributed by atoms with E-state index in [1.165, 1.54) is 5.56 Å². The summed E-state index contributed by atoms with van der Waals surface area (Å²) in [5.41, 5.74) is 1.20. The predicted molar refractivity (Wildman–Crippen MR) is 72.1 cm³/mol. The fourth-order valence-electron chi connectivity index (χ4n) is 1.67. The maximum absolute atomic E-state index is 6.01. The maximum Gasteiger partial charge on any atom is 0.0462 e. The molecule has 1 atom stereocenters. The second-order valence-electron chi connectivity index (χ2n) is 3.64. The van der Waals surface area contributed by atoms with Crippen LogP contribution < -0.4 is 5.32 Å². The number of methoxy groups -OCH3 is 1. The summed E-state index contributed by atoms with van der Waals surface area (Å²) < 4.78 is 6.15. The Morgan fingerprint density at radius 3 is 2.88 bits per heavy atom. The quantitative estimate of drug-likeness (QED) is 0.807. The van der Waals surface area contributed by atoms with Crippen LogP contribution in [0.5, 0.6) is 0 Å². The van der Waals surface area contributed by atoms with E-state index >= 15 is 0 Å². The molecule has 1 aromatic rings. The van der Waals surface area contributed by atoms with E-state index in [-0.39, 0.29) is 0 Å². The molecule has 1 unspecified atom stereocenters. The van der Waals surface area contributed by atoms with Gasteiger partial charge in [-0.15, -0.1) is 0 Å². The Bertz CT molecular complexity index is 333. The molecule has 0 saturated heterocycles. The zero-order valence-corrected chi connectivity index (χ0v) is 11.9. The zero-order chi connectivity index (χ0) is 12.0. The molecule has 0 fully saturated rings. The van der Waals surface area contributed by atoms with E-state index in [1.54, 1.807) is 7.11 Å². The van der Waals surface area contributed by atoms with Gasteiger partial charge in [0.05, 0.1) is 0 Å². The molecule has 0 aliphatic rings. The molecule has 0 aliphatic carbocycles. The van der Waals surface area contributed by atoms with Crippen molar-refractivity contribution in [1.29, 1.82) is 0 Å². The number of benzene rings is 1. The first kappa shape index (κ1) is 14.0. The van der Waals surface area contributed by atoms with Crippen molar-refractivity contribution in [2.75, 3.05) is 20.8 Å². The van der Waals surface area contributed by atoms with Gasteiger partial charge in [0, 0.05) is 29.3 Å². The third kappa shape index (κ3) is 4.06. The highest BCUT2D eigenvalue weighted by Gasteiger charge is 2.12. The lowest BCUT2D eigenvalue weighted by molar-refractivity contribution is 0.189. The van der Waals surface area contributed by atoms with E-state index in [2.05, 4.69) is 21.2 Å². The fraction of sp³-hybridized carbons (Fsp3) is 0.500. The normalized spacial score (nSPS) is 12.8. The minimum absolute atomic E-state index is 0.309. The van der Waals surface area contributed by atoms with Gasteiger partial charge in [0.1, 0.15) is 0 Å². The molecular weight excluding hydrogens is 289 g/mol. The standard InChI is InChI=1S/C12H17BrClNO/c1-15-12(4-3-7-16-2)10-8-9(14)5-6-11(10)13/h5-6,8,12,15H,3-4,7H2,1-2H3. The Kier molecular flexibility index (Phi) is 6.36.